The van der Waals surface area contributed by atoms with E-state index in [0.29, 0.717) is 23.9 Å². The number of hydrogen-bond donors (Lipinski definition) is 2. The van der Waals surface area contributed by atoms with Gasteiger partial charge in [0.1, 0.15) is 13.2 Å². The fourth-order valence-corrected chi connectivity index (χ4v) is 6.59. The van der Waals surface area contributed by atoms with Crippen LogP contribution in [0.1, 0.15) is 187 Å². The highest BCUT2D eigenvalue weighted by Crippen LogP contribution is 2.38. The van der Waals surface area contributed by atoms with E-state index in [4.69, 9.17) is 9.05 Å². The van der Waals surface area contributed by atoms with Crippen molar-refractivity contribution in [1.29, 1.82) is 0 Å². The van der Waals surface area contributed by atoms with Crippen molar-refractivity contribution in [3.05, 3.63) is 0 Å². The Morgan fingerprint density at radius 3 is 1.45 bits per heavy atom. The van der Waals surface area contributed by atoms with Gasteiger partial charge in [-0.05, 0) is 12.8 Å². The summed E-state index contributed by atoms with van der Waals surface area (Å²) in [6.07, 6.45) is 30.9. The van der Waals surface area contributed by atoms with Crippen molar-refractivity contribution in [1.82, 2.24) is 5.32 Å². The van der Waals surface area contributed by atoms with Gasteiger partial charge in [0.2, 0.25) is 5.91 Å². The first kappa shape index (κ1) is 46.5. The second-order valence-electron chi connectivity index (χ2n) is 15.0. The van der Waals surface area contributed by atoms with Crippen molar-refractivity contribution >= 4 is 13.7 Å². The number of nitrogens with zero attached hydrogens (tertiary/aromatic N) is 1. The molecule has 1 amide bonds. The van der Waals surface area contributed by atoms with Gasteiger partial charge in [0.15, 0.2) is 0 Å². The minimum absolute atomic E-state index is 0.0156. The summed E-state index contributed by atoms with van der Waals surface area (Å²) in [5, 5.41) is 13.8. The lowest BCUT2D eigenvalue weighted by Gasteiger charge is -2.30. The Hall–Kier alpha value is -0.500. The largest absolute Gasteiger partial charge is 0.756 e. The molecule has 47 heavy (non-hydrogen) atoms. The third-order valence-electron chi connectivity index (χ3n) is 9.10. The van der Waals surface area contributed by atoms with Gasteiger partial charge in [-0.2, -0.15) is 0 Å². The molecule has 0 saturated heterocycles. The van der Waals surface area contributed by atoms with E-state index < -0.39 is 20.0 Å². The van der Waals surface area contributed by atoms with E-state index >= 15 is 0 Å². The molecule has 0 aliphatic rings. The number of aliphatic hydroxyl groups is 1. The molecule has 0 fully saturated rings. The SMILES string of the molecule is CCCCCCCCCCCCCCCCC(O)C(COP(=O)([O-])OCC[N+](C)(C)C)NC(=O)CCCCCCCCCCCCC. The van der Waals surface area contributed by atoms with Gasteiger partial charge in [-0.3, -0.25) is 9.36 Å². The van der Waals surface area contributed by atoms with Crippen LogP contribution >= 0.6 is 7.82 Å². The summed E-state index contributed by atoms with van der Waals surface area (Å²) >= 11 is 0. The summed E-state index contributed by atoms with van der Waals surface area (Å²) in [5.41, 5.74) is 0. The first-order valence-corrected chi connectivity index (χ1v) is 21.3. The van der Waals surface area contributed by atoms with Crippen molar-refractivity contribution in [3.8, 4) is 0 Å². The van der Waals surface area contributed by atoms with E-state index in [-0.39, 0.29) is 19.1 Å². The molecule has 2 N–H and O–H groups in total. The van der Waals surface area contributed by atoms with Crippen LogP contribution in [0.3, 0.4) is 0 Å². The van der Waals surface area contributed by atoms with Crippen LogP contribution in [0, 0.1) is 0 Å². The third-order valence-corrected chi connectivity index (χ3v) is 10.1. The number of nitrogens with one attached hydrogen (secondary N) is 1. The van der Waals surface area contributed by atoms with E-state index in [9.17, 15) is 19.4 Å². The van der Waals surface area contributed by atoms with Crippen LogP contribution in [0.15, 0.2) is 0 Å². The normalized spacial score (nSPS) is 14.6. The van der Waals surface area contributed by atoms with Gasteiger partial charge in [0, 0.05) is 6.42 Å². The molecule has 8 nitrogen and oxygen atoms in total. The van der Waals surface area contributed by atoms with Crippen LogP contribution in [-0.2, 0) is 18.4 Å². The number of carbonyl (C=O) groups is 1. The zero-order chi connectivity index (χ0) is 35.1. The fraction of sp³-hybridized carbons (Fsp3) is 0.974. The zero-order valence-electron chi connectivity index (χ0n) is 31.8. The number of quaternary nitrogens is 1. The van der Waals surface area contributed by atoms with Crippen molar-refractivity contribution < 1.29 is 32.9 Å². The van der Waals surface area contributed by atoms with Crippen LogP contribution in [0.2, 0.25) is 0 Å². The monoisotopic (exact) mass is 691 g/mol. The van der Waals surface area contributed by atoms with Crippen molar-refractivity contribution in [2.75, 3.05) is 40.9 Å². The number of aliphatic hydroxyl groups excluding tert-OH is 1. The van der Waals surface area contributed by atoms with Crippen molar-refractivity contribution in [2.24, 2.45) is 0 Å². The van der Waals surface area contributed by atoms with Crippen LogP contribution in [-0.4, -0.2) is 68.5 Å². The third kappa shape index (κ3) is 33.8. The van der Waals surface area contributed by atoms with Gasteiger partial charge in [0.05, 0.1) is 39.9 Å². The summed E-state index contributed by atoms with van der Waals surface area (Å²) in [6, 6.07) is -0.790. The second kappa shape index (κ2) is 31.5. The number of phosphoric acid groups is 1. The molecule has 0 aromatic carbocycles. The van der Waals surface area contributed by atoms with E-state index in [2.05, 4.69) is 19.2 Å². The molecule has 0 heterocycles. The molecule has 0 aliphatic heterocycles. The van der Waals surface area contributed by atoms with E-state index in [0.717, 1.165) is 38.5 Å². The Labute approximate surface area is 291 Å². The fourth-order valence-electron chi connectivity index (χ4n) is 5.86. The molecule has 0 saturated carbocycles. The second-order valence-corrected chi connectivity index (χ2v) is 16.4. The maximum absolute atomic E-state index is 12.8. The van der Waals surface area contributed by atoms with Gasteiger partial charge in [0.25, 0.3) is 7.82 Å². The molecule has 0 aromatic heterocycles. The summed E-state index contributed by atoms with van der Waals surface area (Å²) in [5.74, 6) is -0.166. The Morgan fingerprint density at radius 1 is 0.660 bits per heavy atom. The lowest BCUT2D eigenvalue weighted by molar-refractivity contribution is -0.870. The number of unbranched alkanes of at least 4 members (excludes halogenated alkanes) is 23. The molecule has 0 aromatic rings. The predicted octanol–water partition coefficient (Wildman–Crippen LogP) is 9.61. The molecule has 9 heteroatoms. The van der Waals surface area contributed by atoms with Gasteiger partial charge >= 0.3 is 0 Å². The van der Waals surface area contributed by atoms with Crippen LogP contribution in [0.25, 0.3) is 0 Å². The molecule has 3 atom stereocenters. The minimum atomic E-state index is -4.55. The molecular weight excluding hydrogens is 611 g/mol. The Kier molecular flexibility index (Phi) is 31.1. The average Bonchev–Trinajstić information content (AvgIpc) is 3.01. The van der Waals surface area contributed by atoms with Crippen LogP contribution in [0.5, 0.6) is 0 Å². The number of likely N-dealkylation sites (N-methyl/N-ethyl adjacent to an activating group) is 1. The van der Waals surface area contributed by atoms with Gasteiger partial charge < -0.3 is 28.8 Å². The number of hydrogen-bond acceptors (Lipinski definition) is 6. The van der Waals surface area contributed by atoms with Crippen LogP contribution < -0.4 is 10.2 Å². The van der Waals surface area contributed by atoms with Crippen LogP contribution in [0.4, 0.5) is 0 Å². The van der Waals surface area contributed by atoms with Crippen molar-refractivity contribution in [3.63, 3.8) is 0 Å². The Morgan fingerprint density at radius 2 is 1.04 bits per heavy atom. The quantitative estimate of drug-likeness (QED) is 0.0385. The van der Waals surface area contributed by atoms with E-state index in [1.54, 1.807) is 0 Å². The van der Waals surface area contributed by atoms with Crippen molar-refractivity contribution in [2.45, 2.75) is 199 Å². The summed E-state index contributed by atoms with van der Waals surface area (Å²) in [4.78, 5) is 25.2. The number of carbonyl (C=O) groups excluding carboxylic acids is 1. The highest BCUT2D eigenvalue weighted by molar-refractivity contribution is 7.45. The maximum atomic E-state index is 12.8. The molecule has 0 aliphatic carbocycles. The van der Waals surface area contributed by atoms with E-state index in [1.807, 2.05) is 21.1 Å². The molecule has 0 bridgehead atoms. The first-order chi connectivity index (χ1) is 22.5. The smallest absolute Gasteiger partial charge is 0.268 e. The highest BCUT2D eigenvalue weighted by atomic mass is 31.2. The molecular formula is C38H79N2O6P. The number of rotatable bonds is 36. The van der Waals surface area contributed by atoms with E-state index in [1.165, 1.54) is 122 Å². The molecule has 282 valence electrons. The molecule has 0 radical (unpaired) electrons. The maximum Gasteiger partial charge on any atom is 0.268 e. The highest BCUT2D eigenvalue weighted by Gasteiger charge is 2.24. The average molecular weight is 691 g/mol. The predicted molar refractivity (Wildman–Crippen MR) is 196 cm³/mol. The Balaban J connectivity index is 4.42. The Bertz CT molecular complexity index is 748. The number of phosphoric ester groups is 1. The van der Waals surface area contributed by atoms with Gasteiger partial charge in [-0.25, -0.2) is 0 Å². The standard InChI is InChI=1S/C38H79N2O6P/c1-6-8-10-12-14-16-18-19-20-22-23-25-27-29-31-37(41)36(35-46-47(43,44)45-34-33-40(3,4)5)39-38(42)32-30-28-26-24-21-17-15-13-11-9-7-2/h36-37,41H,6-35H2,1-5H3,(H-,39,42,43,44). The lowest BCUT2D eigenvalue weighted by atomic mass is 10.0. The van der Waals surface area contributed by atoms with Gasteiger partial charge in [-0.15, -0.1) is 0 Å². The molecule has 3 unspecified atom stereocenters. The van der Waals surface area contributed by atoms with Gasteiger partial charge in [-0.1, -0.05) is 168 Å². The minimum Gasteiger partial charge on any atom is -0.756 e. The summed E-state index contributed by atoms with van der Waals surface area (Å²) in [7, 11) is 1.31. The lowest BCUT2D eigenvalue weighted by Crippen LogP contribution is -2.46. The topological polar surface area (TPSA) is 108 Å². The molecule has 0 rings (SSSR count). The first-order valence-electron chi connectivity index (χ1n) is 19.9. The molecule has 0 spiro atoms. The zero-order valence-corrected chi connectivity index (χ0v) is 32.6. The number of amides is 1. The summed E-state index contributed by atoms with van der Waals surface area (Å²) in [6.45, 7) is 4.71. The summed E-state index contributed by atoms with van der Waals surface area (Å²) < 4.78 is 23.2.